The maximum atomic E-state index is 12.4. The number of piperidine rings is 1. The summed E-state index contributed by atoms with van der Waals surface area (Å²) in [7, 11) is 0. The summed E-state index contributed by atoms with van der Waals surface area (Å²) < 4.78 is 1.35. The van der Waals surface area contributed by atoms with Crippen molar-refractivity contribution in [1.29, 1.82) is 0 Å². The summed E-state index contributed by atoms with van der Waals surface area (Å²) >= 11 is 0. The number of amides is 2. The largest absolute Gasteiger partial charge is 0.348 e. The van der Waals surface area contributed by atoms with Crippen molar-refractivity contribution in [2.75, 3.05) is 13.1 Å². The van der Waals surface area contributed by atoms with Crippen LogP contribution >= 0.6 is 0 Å². The van der Waals surface area contributed by atoms with Gasteiger partial charge in [0.2, 0.25) is 5.91 Å². The first-order chi connectivity index (χ1) is 12.4. The summed E-state index contributed by atoms with van der Waals surface area (Å²) in [5, 5.41) is 7.16. The van der Waals surface area contributed by atoms with Gasteiger partial charge in [0.15, 0.2) is 0 Å². The molecular weight excluding hydrogens is 332 g/mol. The Balaban J connectivity index is 1.89. The monoisotopic (exact) mass is 362 g/mol. The third kappa shape index (κ3) is 5.68. The predicted molar refractivity (Wildman–Crippen MR) is 99.9 cm³/mol. The summed E-state index contributed by atoms with van der Waals surface area (Å²) in [6.07, 6.45) is 3.86. The highest BCUT2D eigenvalue weighted by molar-refractivity contribution is 5.92. The quantitative estimate of drug-likeness (QED) is 0.802. The van der Waals surface area contributed by atoms with Gasteiger partial charge in [-0.1, -0.05) is 27.2 Å². The number of carbonyl (C=O) groups is 2. The standard InChI is InChI=1S/C19H30N4O3/c1-4-5-10-23-17(24)7-6-16(21-23)19(26)20-15-8-11-22(12-9-15)18(25)13-14(2)3/h6-7,14-15H,4-5,8-13H2,1-3H3,(H,20,26). The van der Waals surface area contributed by atoms with E-state index in [1.54, 1.807) is 0 Å². The number of aryl methyl sites for hydroxylation is 1. The Morgan fingerprint density at radius 3 is 2.58 bits per heavy atom. The highest BCUT2D eigenvalue weighted by Gasteiger charge is 2.24. The lowest BCUT2D eigenvalue weighted by Gasteiger charge is -2.32. The highest BCUT2D eigenvalue weighted by Crippen LogP contribution is 2.14. The third-order valence-electron chi connectivity index (χ3n) is 4.59. The predicted octanol–water partition coefficient (Wildman–Crippen LogP) is 1.81. The molecule has 0 unspecified atom stereocenters. The number of nitrogens with one attached hydrogen (secondary N) is 1. The molecule has 144 valence electrons. The van der Waals surface area contributed by atoms with Crippen molar-refractivity contribution in [3.63, 3.8) is 0 Å². The van der Waals surface area contributed by atoms with Gasteiger partial charge in [-0.05, 0) is 31.2 Å². The van der Waals surface area contributed by atoms with Crippen LogP contribution in [0.5, 0.6) is 0 Å². The normalized spacial score (nSPS) is 15.3. The second-order valence-electron chi connectivity index (χ2n) is 7.36. The van der Waals surface area contributed by atoms with Crippen molar-refractivity contribution < 1.29 is 9.59 Å². The SMILES string of the molecule is CCCCn1nc(C(=O)NC2CCN(C(=O)CC(C)C)CC2)ccc1=O. The van der Waals surface area contributed by atoms with Crippen LogP contribution in [0.3, 0.4) is 0 Å². The minimum absolute atomic E-state index is 0.0309. The van der Waals surface area contributed by atoms with Crippen molar-refractivity contribution in [1.82, 2.24) is 20.0 Å². The van der Waals surface area contributed by atoms with Crippen LogP contribution in [0.1, 0.15) is 63.4 Å². The van der Waals surface area contributed by atoms with Gasteiger partial charge in [-0.25, -0.2) is 4.68 Å². The van der Waals surface area contributed by atoms with Crippen LogP contribution < -0.4 is 10.9 Å². The summed E-state index contributed by atoms with van der Waals surface area (Å²) in [5.41, 5.74) is 0.0750. The fraction of sp³-hybridized carbons (Fsp3) is 0.684. The molecule has 0 atom stereocenters. The van der Waals surface area contributed by atoms with Crippen LogP contribution in [0.25, 0.3) is 0 Å². The van der Waals surface area contributed by atoms with Gasteiger partial charge in [-0.15, -0.1) is 0 Å². The first-order valence-electron chi connectivity index (χ1n) is 9.57. The van der Waals surface area contributed by atoms with E-state index in [1.807, 2.05) is 25.7 Å². The number of rotatable bonds is 7. The van der Waals surface area contributed by atoms with E-state index in [0.717, 1.165) is 25.7 Å². The fourth-order valence-corrected chi connectivity index (χ4v) is 3.05. The van der Waals surface area contributed by atoms with Gasteiger partial charge in [0.05, 0.1) is 0 Å². The summed E-state index contributed by atoms with van der Waals surface area (Å²) in [6.45, 7) is 7.97. The maximum Gasteiger partial charge on any atom is 0.271 e. The highest BCUT2D eigenvalue weighted by atomic mass is 16.2. The molecule has 1 N–H and O–H groups in total. The molecule has 2 rings (SSSR count). The van der Waals surface area contributed by atoms with E-state index in [2.05, 4.69) is 10.4 Å². The molecule has 7 nitrogen and oxygen atoms in total. The molecule has 0 aliphatic carbocycles. The number of unbranched alkanes of at least 4 members (excludes halogenated alkanes) is 1. The molecule has 1 aromatic rings. The molecule has 1 fully saturated rings. The fourth-order valence-electron chi connectivity index (χ4n) is 3.05. The summed E-state index contributed by atoms with van der Waals surface area (Å²) in [4.78, 5) is 38.2. The van der Waals surface area contributed by atoms with Crippen LogP contribution in [0.2, 0.25) is 0 Å². The number of carbonyl (C=O) groups excluding carboxylic acids is 2. The first-order valence-corrected chi connectivity index (χ1v) is 9.57. The van der Waals surface area contributed by atoms with Gasteiger partial charge in [0, 0.05) is 38.2 Å². The van der Waals surface area contributed by atoms with E-state index >= 15 is 0 Å². The molecule has 0 saturated carbocycles. The van der Waals surface area contributed by atoms with E-state index < -0.39 is 0 Å². The van der Waals surface area contributed by atoms with E-state index in [0.29, 0.717) is 32.0 Å². The third-order valence-corrected chi connectivity index (χ3v) is 4.59. The lowest BCUT2D eigenvalue weighted by atomic mass is 10.0. The molecule has 0 spiro atoms. The zero-order valence-electron chi connectivity index (χ0n) is 16.0. The van der Waals surface area contributed by atoms with Crippen LogP contribution in [0.4, 0.5) is 0 Å². The van der Waals surface area contributed by atoms with E-state index in [9.17, 15) is 14.4 Å². The number of hydrogen-bond acceptors (Lipinski definition) is 4. The molecule has 0 radical (unpaired) electrons. The minimum Gasteiger partial charge on any atom is -0.348 e. The van der Waals surface area contributed by atoms with Crippen molar-refractivity contribution in [3.8, 4) is 0 Å². The van der Waals surface area contributed by atoms with Crippen LogP contribution in [-0.2, 0) is 11.3 Å². The van der Waals surface area contributed by atoms with Gasteiger partial charge >= 0.3 is 0 Å². The smallest absolute Gasteiger partial charge is 0.271 e. The first kappa shape index (κ1) is 20.1. The van der Waals surface area contributed by atoms with Crippen LogP contribution in [0.15, 0.2) is 16.9 Å². The zero-order chi connectivity index (χ0) is 19.1. The second kappa shape index (κ2) is 9.50. The van der Waals surface area contributed by atoms with Gasteiger partial charge in [0.1, 0.15) is 5.69 Å². The Kier molecular flexibility index (Phi) is 7.36. The van der Waals surface area contributed by atoms with Crippen LogP contribution in [-0.4, -0.2) is 45.6 Å². The summed E-state index contributed by atoms with van der Waals surface area (Å²) in [6, 6.07) is 2.90. The number of aromatic nitrogens is 2. The number of likely N-dealkylation sites (tertiary alicyclic amines) is 1. The molecule has 2 heterocycles. The molecule has 0 aromatic carbocycles. The van der Waals surface area contributed by atoms with Gasteiger partial charge in [0.25, 0.3) is 11.5 Å². The van der Waals surface area contributed by atoms with Crippen molar-refractivity contribution in [2.24, 2.45) is 5.92 Å². The van der Waals surface area contributed by atoms with Crippen LogP contribution in [0, 0.1) is 5.92 Å². The lowest BCUT2D eigenvalue weighted by molar-refractivity contribution is -0.133. The lowest BCUT2D eigenvalue weighted by Crippen LogP contribution is -2.47. The molecule has 1 saturated heterocycles. The Morgan fingerprint density at radius 2 is 1.96 bits per heavy atom. The summed E-state index contributed by atoms with van der Waals surface area (Å²) in [5.74, 6) is 0.283. The Labute approximate surface area is 154 Å². The topological polar surface area (TPSA) is 84.3 Å². The van der Waals surface area contributed by atoms with Gasteiger partial charge in [-0.2, -0.15) is 5.10 Å². The molecule has 26 heavy (non-hydrogen) atoms. The van der Waals surface area contributed by atoms with E-state index in [1.165, 1.54) is 16.8 Å². The molecule has 0 bridgehead atoms. The number of hydrogen-bond donors (Lipinski definition) is 1. The average molecular weight is 362 g/mol. The zero-order valence-corrected chi connectivity index (χ0v) is 16.0. The minimum atomic E-state index is -0.262. The number of nitrogens with zero attached hydrogens (tertiary/aromatic N) is 3. The van der Waals surface area contributed by atoms with Crippen molar-refractivity contribution in [3.05, 3.63) is 28.2 Å². The molecule has 2 amide bonds. The van der Waals surface area contributed by atoms with Crippen molar-refractivity contribution >= 4 is 11.8 Å². The van der Waals surface area contributed by atoms with Gasteiger partial charge in [-0.3, -0.25) is 14.4 Å². The maximum absolute atomic E-state index is 12.4. The molecule has 7 heteroatoms. The average Bonchev–Trinajstić information content (AvgIpc) is 2.61. The molecular formula is C19H30N4O3. The van der Waals surface area contributed by atoms with E-state index in [4.69, 9.17) is 0 Å². The van der Waals surface area contributed by atoms with E-state index in [-0.39, 0.29) is 29.1 Å². The molecule has 1 aliphatic rings. The second-order valence-corrected chi connectivity index (χ2v) is 7.36. The van der Waals surface area contributed by atoms with Crippen molar-refractivity contribution in [2.45, 2.75) is 65.5 Å². The Hall–Kier alpha value is -2.18. The molecule has 1 aromatic heterocycles. The Bertz CT molecular complexity index is 676. The van der Waals surface area contributed by atoms with Gasteiger partial charge < -0.3 is 10.2 Å². The Morgan fingerprint density at radius 1 is 1.27 bits per heavy atom. The molecule has 1 aliphatic heterocycles.